The van der Waals surface area contributed by atoms with E-state index >= 15 is 0 Å². The average molecular weight is 228 g/mol. The van der Waals surface area contributed by atoms with Gasteiger partial charge >= 0.3 is 0 Å². The summed E-state index contributed by atoms with van der Waals surface area (Å²) in [6.45, 7) is 14.6. The molecule has 3 nitrogen and oxygen atoms in total. The van der Waals surface area contributed by atoms with E-state index in [2.05, 4.69) is 37.5 Å². The number of hydrogen-bond donors (Lipinski definition) is 0. The van der Waals surface area contributed by atoms with Gasteiger partial charge in [-0.25, -0.2) is 0 Å². The summed E-state index contributed by atoms with van der Waals surface area (Å²) in [5.41, 5.74) is 0. The Morgan fingerprint density at radius 2 is 1.06 bits per heavy atom. The van der Waals surface area contributed by atoms with Crippen LogP contribution < -0.4 is 0 Å². The fraction of sp³-hybridized carbons (Fsp3) is 0.923. The summed E-state index contributed by atoms with van der Waals surface area (Å²) in [5, 5.41) is 0. The molecule has 0 fully saturated rings. The fourth-order valence-corrected chi connectivity index (χ4v) is 1.77. The van der Waals surface area contributed by atoms with E-state index in [4.69, 9.17) is 0 Å². The Morgan fingerprint density at radius 3 is 1.31 bits per heavy atom. The molecule has 0 saturated heterocycles. The lowest BCUT2D eigenvalue weighted by atomic mass is 10.2. The van der Waals surface area contributed by atoms with Crippen molar-refractivity contribution in [2.75, 3.05) is 39.3 Å². The molecule has 0 aromatic carbocycles. The van der Waals surface area contributed by atoms with Crippen molar-refractivity contribution < 1.29 is 4.79 Å². The highest BCUT2D eigenvalue weighted by molar-refractivity contribution is 5.78. The van der Waals surface area contributed by atoms with Gasteiger partial charge in [-0.15, -0.1) is 0 Å². The minimum Gasteiger partial charge on any atom is -0.303 e. The summed E-state index contributed by atoms with van der Waals surface area (Å²) < 4.78 is 0. The van der Waals surface area contributed by atoms with Crippen LogP contribution in [0.1, 0.15) is 40.5 Å². The number of carbonyl (C=O) groups is 1. The molecule has 0 radical (unpaired) electrons. The summed E-state index contributed by atoms with van der Waals surface area (Å²) >= 11 is 0. The quantitative estimate of drug-likeness (QED) is 0.571. The van der Waals surface area contributed by atoms with Crippen molar-refractivity contribution in [2.24, 2.45) is 0 Å². The first-order valence-corrected chi connectivity index (χ1v) is 6.64. The van der Waals surface area contributed by atoms with Crippen LogP contribution >= 0.6 is 0 Å². The van der Waals surface area contributed by atoms with Crippen LogP contribution in [0.3, 0.4) is 0 Å². The molecule has 0 heterocycles. The number of hydrogen-bond acceptors (Lipinski definition) is 3. The van der Waals surface area contributed by atoms with Crippen molar-refractivity contribution in [3.05, 3.63) is 0 Å². The fourth-order valence-electron chi connectivity index (χ4n) is 1.77. The van der Waals surface area contributed by atoms with Gasteiger partial charge in [0.2, 0.25) is 0 Å². The van der Waals surface area contributed by atoms with E-state index in [-0.39, 0.29) is 0 Å². The minimum absolute atomic E-state index is 0.402. The molecule has 0 unspecified atom stereocenters. The third-order valence-electron chi connectivity index (χ3n) is 3.20. The summed E-state index contributed by atoms with van der Waals surface area (Å²) in [5.74, 6) is 0.402. The van der Waals surface area contributed by atoms with Gasteiger partial charge in [0, 0.05) is 25.9 Å². The smallest absolute Gasteiger partial charge is 0.135 e. The van der Waals surface area contributed by atoms with Gasteiger partial charge < -0.3 is 9.80 Å². The topological polar surface area (TPSA) is 23.6 Å². The maximum absolute atomic E-state index is 11.7. The Morgan fingerprint density at radius 1 is 0.750 bits per heavy atom. The van der Waals surface area contributed by atoms with Crippen molar-refractivity contribution in [3.8, 4) is 0 Å². The second-order valence-corrected chi connectivity index (χ2v) is 4.09. The molecule has 0 rings (SSSR count). The minimum atomic E-state index is 0.402. The largest absolute Gasteiger partial charge is 0.303 e. The van der Waals surface area contributed by atoms with Gasteiger partial charge in [0.05, 0.1) is 0 Å². The number of rotatable bonds is 10. The molecule has 0 bridgehead atoms. The Labute approximate surface area is 101 Å². The van der Waals surface area contributed by atoms with E-state index in [0.29, 0.717) is 18.6 Å². The summed E-state index contributed by atoms with van der Waals surface area (Å²) in [6, 6.07) is 0. The summed E-state index contributed by atoms with van der Waals surface area (Å²) in [4.78, 5) is 16.3. The predicted octanol–water partition coefficient (Wildman–Crippen LogP) is 2.02. The van der Waals surface area contributed by atoms with Gasteiger partial charge in [-0.2, -0.15) is 0 Å². The second-order valence-electron chi connectivity index (χ2n) is 4.09. The Bertz CT molecular complexity index is 157. The standard InChI is InChI=1S/C13H28N2O/c1-5-14(6-2)11-9-13(16)10-12-15(7-3)8-4/h5-12H2,1-4H3. The van der Waals surface area contributed by atoms with Gasteiger partial charge in [-0.3, -0.25) is 4.79 Å². The van der Waals surface area contributed by atoms with Crippen molar-refractivity contribution >= 4 is 5.78 Å². The second kappa shape index (κ2) is 9.79. The molecule has 0 saturated carbocycles. The SMILES string of the molecule is CCN(CC)CCC(=O)CCN(CC)CC. The van der Waals surface area contributed by atoms with Crippen molar-refractivity contribution in [2.45, 2.75) is 40.5 Å². The molecule has 0 aromatic rings. The normalized spacial score (nSPS) is 11.4. The number of carbonyl (C=O) groups excluding carboxylic acids is 1. The van der Waals surface area contributed by atoms with Crippen LogP contribution in [0.25, 0.3) is 0 Å². The molecule has 0 atom stereocenters. The van der Waals surface area contributed by atoms with E-state index in [9.17, 15) is 4.79 Å². The molecule has 3 heteroatoms. The highest BCUT2D eigenvalue weighted by Crippen LogP contribution is 1.97. The maximum Gasteiger partial charge on any atom is 0.135 e. The maximum atomic E-state index is 11.7. The van der Waals surface area contributed by atoms with Crippen LogP contribution in [-0.4, -0.2) is 54.9 Å². The first-order chi connectivity index (χ1) is 7.67. The number of ketones is 1. The van der Waals surface area contributed by atoms with Crippen LogP contribution in [0.5, 0.6) is 0 Å². The van der Waals surface area contributed by atoms with Gasteiger partial charge in [0.15, 0.2) is 0 Å². The zero-order valence-electron chi connectivity index (χ0n) is 11.5. The summed E-state index contributed by atoms with van der Waals surface area (Å²) in [7, 11) is 0. The number of Topliss-reactive ketones (excluding diaryl/α,β-unsaturated/α-hetero) is 1. The van der Waals surface area contributed by atoms with E-state index < -0.39 is 0 Å². The third kappa shape index (κ3) is 6.96. The Hall–Kier alpha value is -0.410. The highest BCUT2D eigenvalue weighted by Gasteiger charge is 2.07. The average Bonchev–Trinajstić information content (AvgIpc) is 2.31. The first kappa shape index (κ1) is 15.6. The van der Waals surface area contributed by atoms with Gasteiger partial charge in [0.25, 0.3) is 0 Å². The third-order valence-corrected chi connectivity index (χ3v) is 3.20. The molecule has 16 heavy (non-hydrogen) atoms. The Kier molecular flexibility index (Phi) is 9.54. The first-order valence-electron chi connectivity index (χ1n) is 6.64. The zero-order valence-corrected chi connectivity index (χ0v) is 11.5. The lowest BCUT2D eigenvalue weighted by molar-refractivity contribution is -0.119. The molecule has 0 amide bonds. The van der Waals surface area contributed by atoms with E-state index in [1.807, 2.05) is 0 Å². The molecule has 0 aliphatic rings. The van der Waals surface area contributed by atoms with E-state index in [0.717, 1.165) is 39.3 Å². The van der Waals surface area contributed by atoms with Crippen LogP contribution in [0.4, 0.5) is 0 Å². The zero-order chi connectivity index (χ0) is 12.4. The van der Waals surface area contributed by atoms with Crippen LogP contribution in [-0.2, 0) is 4.79 Å². The Balaban J connectivity index is 3.65. The predicted molar refractivity (Wildman–Crippen MR) is 69.8 cm³/mol. The van der Waals surface area contributed by atoms with E-state index in [1.54, 1.807) is 0 Å². The molecule has 0 spiro atoms. The lowest BCUT2D eigenvalue weighted by Crippen LogP contribution is -2.28. The molecular formula is C13H28N2O. The van der Waals surface area contributed by atoms with Crippen LogP contribution in [0, 0.1) is 0 Å². The summed E-state index contributed by atoms with van der Waals surface area (Å²) in [6.07, 6.45) is 1.42. The molecule has 0 N–H and O–H groups in total. The van der Waals surface area contributed by atoms with Crippen LogP contribution in [0.2, 0.25) is 0 Å². The van der Waals surface area contributed by atoms with Crippen LogP contribution in [0.15, 0.2) is 0 Å². The molecular weight excluding hydrogens is 200 g/mol. The van der Waals surface area contributed by atoms with Gasteiger partial charge in [0.1, 0.15) is 5.78 Å². The molecule has 0 aliphatic heterocycles. The monoisotopic (exact) mass is 228 g/mol. The van der Waals surface area contributed by atoms with Gasteiger partial charge in [-0.05, 0) is 26.2 Å². The van der Waals surface area contributed by atoms with Crippen molar-refractivity contribution in [3.63, 3.8) is 0 Å². The molecule has 96 valence electrons. The number of nitrogens with zero attached hydrogens (tertiary/aromatic N) is 2. The van der Waals surface area contributed by atoms with Gasteiger partial charge in [-0.1, -0.05) is 27.7 Å². The van der Waals surface area contributed by atoms with Crippen molar-refractivity contribution in [1.29, 1.82) is 0 Å². The van der Waals surface area contributed by atoms with Crippen molar-refractivity contribution in [1.82, 2.24) is 9.80 Å². The highest BCUT2D eigenvalue weighted by atomic mass is 16.1. The molecule has 0 aliphatic carbocycles. The van der Waals surface area contributed by atoms with E-state index in [1.165, 1.54) is 0 Å². The lowest BCUT2D eigenvalue weighted by Gasteiger charge is -2.19. The molecule has 0 aromatic heterocycles.